The monoisotopic (exact) mass is 172 g/mol. The first kappa shape index (κ1) is 11.9. The summed E-state index contributed by atoms with van der Waals surface area (Å²) in [4.78, 5) is 0. The lowest BCUT2D eigenvalue weighted by molar-refractivity contribution is 0.171. The molecule has 6 N–H and O–H groups in total. The summed E-state index contributed by atoms with van der Waals surface area (Å²) in [5, 5.41) is 0. The summed E-state index contributed by atoms with van der Waals surface area (Å²) in [7, 11) is 0. The van der Waals surface area contributed by atoms with E-state index in [1.807, 2.05) is 0 Å². The van der Waals surface area contributed by atoms with Gasteiger partial charge in [-0.05, 0) is 11.8 Å². The first-order valence-electron chi connectivity index (χ1n) is 4.97. The molecule has 2 nitrogen and oxygen atoms in total. The van der Waals surface area contributed by atoms with Gasteiger partial charge in [0.15, 0.2) is 0 Å². The van der Waals surface area contributed by atoms with Gasteiger partial charge in [0.2, 0.25) is 0 Å². The van der Waals surface area contributed by atoms with Crippen molar-refractivity contribution in [3.8, 4) is 0 Å². The predicted molar refractivity (Wildman–Crippen MR) is 54.0 cm³/mol. The maximum Gasteiger partial charge on any atom is -0.0386 e. The number of rotatable bonds is 0. The van der Waals surface area contributed by atoms with Crippen molar-refractivity contribution in [2.45, 2.75) is 51.4 Å². The summed E-state index contributed by atoms with van der Waals surface area (Å²) in [6.07, 6.45) is 12.4. The molecular weight excluding hydrogens is 148 g/mol. The molecule has 0 saturated heterocycles. The van der Waals surface area contributed by atoms with E-state index in [2.05, 4.69) is 0 Å². The van der Waals surface area contributed by atoms with Gasteiger partial charge >= 0.3 is 0 Å². The minimum atomic E-state index is 0. The molecule has 74 valence electrons. The molecule has 2 saturated carbocycles. The van der Waals surface area contributed by atoms with E-state index in [0.717, 1.165) is 11.8 Å². The molecule has 0 aliphatic heterocycles. The molecule has 0 amide bonds. The summed E-state index contributed by atoms with van der Waals surface area (Å²) < 4.78 is 0. The Labute approximate surface area is 76.3 Å². The van der Waals surface area contributed by atoms with E-state index in [0.29, 0.717) is 0 Å². The van der Waals surface area contributed by atoms with Gasteiger partial charge in [0.05, 0.1) is 0 Å². The molecule has 0 bridgehead atoms. The van der Waals surface area contributed by atoms with E-state index >= 15 is 0 Å². The Morgan fingerprint density at radius 1 is 0.500 bits per heavy atom. The summed E-state index contributed by atoms with van der Waals surface area (Å²) >= 11 is 0. The van der Waals surface area contributed by atoms with Crippen molar-refractivity contribution >= 4 is 0 Å². The van der Waals surface area contributed by atoms with Crippen LogP contribution in [0.2, 0.25) is 0 Å². The maximum atomic E-state index is 1.56. The largest absolute Gasteiger partial charge is 0.344 e. The summed E-state index contributed by atoms with van der Waals surface area (Å²) in [6, 6.07) is 0. The lowest BCUT2D eigenvalue weighted by atomic mass is 9.71. The zero-order valence-electron chi connectivity index (χ0n) is 8.23. The standard InChI is InChI=1S/C10H18.2H3N/c1-2-6-10-8-4-3-7-9(10)5-1;;/h9-10H,1-8H2;2*1H3. The maximum absolute atomic E-state index is 1.56. The average Bonchev–Trinajstić information content (AvgIpc) is 2.05. The highest BCUT2D eigenvalue weighted by Gasteiger charge is 2.26. The third kappa shape index (κ3) is 2.46. The molecule has 2 rings (SSSR count). The smallest absolute Gasteiger partial charge is 0.0386 e. The molecule has 12 heavy (non-hydrogen) atoms. The first-order valence-corrected chi connectivity index (χ1v) is 4.97. The van der Waals surface area contributed by atoms with Gasteiger partial charge in [-0.2, -0.15) is 0 Å². The Bertz CT molecular complexity index is 88.4. The molecule has 2 aliphatic carbocycles. The van der Waals surface area contributed by atoms with Crippen LogP contribution in [0.25, 0.3) is 0 Å². The van der Waals surface area contributed by atoms with Crippen LogP contribution < -0.4 is 12.3 Å². The SMILES string of the molecule is C1CCC2CCCCC2C1.N.N. The van der Waals surface area contributed by atoms with E-state index in [-0.39, 0.29) is 12.3 Å². The molecule has 2 heteroatoms. The van der Waals surface area contributed by atoms with Crippen molar-refractivity contribution in [2.24, 2.45) is 11.8 Å². The fraction of sp³-hybridized carbons (Fsp3) is 1.00. The Hall–Kier alpha value is -0.0800. The van der Waals surface area contributed by atoms with Crippen molar-refractivity contribution in [1.82, 2.24) is 12.3 Å². The van der Waals surface area contributed by atoms with Crippen LogP contribution >= 0.6 is 0 Å². The van der Waals surface area contributed by atoms with Crippen molar-refractivity contribution in [1.29, 1.82) is 0 Å². The van der Waals surface area contributed by atoms with Crippen LogP contribution in [0.1, 0.15) is 51.4 Å². The molecule has 0 heterocycles. The summed E-state index contributed by atoms with van der Waals surface area (Å²) in [5.74, 6) is 2.31. The van der Waals surface area contributed by atoms with Gasteiger partial charge in [0.25, 0.3) is 0 Å². The highest BCUT2D eigenvalue weighted by atomic mass is 14.3. The molecule has 0 unspecified atom stereocenters. The Morgan fingerprint density at radius 3 is 1.00 bits per heavy atom. The van der Waals surface area contributed by atoms with Crippen molar-refractivity contribution in [3.63, 3.8) is 0 Å². The lowest BCUT2D eigenvalue weighted by Crippen LogP contribution is -2.22. The zero-order chi connectivity index (χ0) is 6.81. The Morgan fingerprint density at radius 2 is 0.750 bits per heavy atom. The average molecular weight is 172 g/mol. The van der Waals surface area contributed by atoms with Crippen LogP contribution in [0.4, 0.5) is 0 Å². The Balaban J connectivity index is 0.000000605. The molecule has 2 aliphatic rings. The van der Waals surface area contributed by atoms with E-state index < -0.39 is 0 Å². The molecule has 2 fully saturated rings. The van der Waals surface area contributed by atoms with E-state index in [1.165, 1.54) is 25.7 Å². The van der Waals surface area contributed by atoms with Gasteiger partial charge in [-0.25, -0.2) is 0 Å². The highest BCUT2D eigenvalue weighted by Crippen LogP contribution is 2.39. The number of hydrogen-bond acceptors (Lipinski definition) is 2. The molecule has 0 aromatic rings. The van der Waals surface area contributed by atoms with Crippen molar-refractivity contribution in [2.75, 3.05) is 0 Å². The minimum absolute atomic E-state index is 0. The van der Waals surface area contributed by atoms with E-state index in [1.54, 1.807) is 25.7 Å². The van der Waals surface area contributed by atoms with Crippen molar-refractivity contribution in [3.05, 3.63) is 0 Å². The molecule has 0 spiro atoms. The third-order valence-corrected chi connectivity index (χ3v) is 3.47. The fourth-order valence-corrected chi connectivity index (χ4v) is 2.86. The van der Waals surface area contributed by atoms with Gasteiger partial charge in [-0.1, -0.05) is 51.4 Å². The third-order valence-electron chi connectivity index (χ3n) is 3.47. The van der Waals surface area contributed by atoms with Gasteiger partial charge < -0.3 is 12.3 Å². The van der Waals surface area contributed by atoms with E-state index in [9.17, 15) is 0 Å². The van der Waals surface area contributed by atoms with Gasteiger partial charge in [0.1, 0.15) is 0 Å². The van der Waals surface area contributed by atoms with Gasteiger partial charge in [-0.15, -0.1) is 0 Å². The molecular formula is C10H24N2. The molecule has 0 radical (unpaired) electrons. The topological polar surface area (TPSA) is 70.0 Å². The molecule has 0 atom stereocenters. The minimum Gasteiger partial charge on any atom is -0.344 e. The van der Waals surface area contributed by atoms with Crippen LogP contribution in [0.15, 0.2) is 0 Å². The van der Waals surface area contributed by atoms with Crippen LogP contribution in [0, 0.1) is 11.8 Å². The zero-order valence-corrected chi connectivity index (χ0v) is 8.23. The van der Waals surface area contributed by atoms with Crippen LogP contribution in [0.3, 0.4) is 0 Å². The van der Waals surface area contributed by atoms with Gasteiger partial charge in [-0.3, -0.25) is 0 Å². The van der Waals surface area contributed by atoms with Crippen LogP contribution in [-0.4, -0.2) is 0 Å². The second-order valence-corrected chi connectivity index (χ2v) is 4.09. The molecule has 0 aromatic heterocycles. The molecule has 0 aromatic carbocycles. The predicted octanol–water partition coefficient (Wildman–Crippen LogP) is 3.69. The summed E-state index contributed by atoms with van der Waals surface area (Å²) in [5.41, 5.74) is 0. The number of hydrogen-bond donors (Lipinski definition) is 2. The van der Waals surface area contributed by atoms with Crippen LogP contribution in [-0.2, 0) is 0 Å². The van der Waals surface area contributed by atoms with E-state index in [4.69, 9.17) is 0 Å². The first-order chi connectivity index (χ1) is 4.97. The Kier molecular flexibility index (Phi) is 5.51. The summed E-state index contributed by atoms with van der Waals surface area (Å²) in [6.45, 7) is 0. The lowest BCUT2D eigenvalue weighted by Gasteiger charge is -2.35. The van der Waals surface area contributed by atoms with Gasteiger partial charge in [0, 0.05) is 0 Å². The highest BCUT2D eigenvalue weighted by molar-refractivity contribution is 4.78. The normalized spacial score (nSPS) is 34.0. The fourth-order valence-electron chi connectivity index (χ4n) is 2.86. The second-order valence-electron chi connectivity index (χ2n) is 4.09. The number of fused-ring (bicyclic) bond motifs is 1. The quantitative estimate of drug-likeness (QED) is 0.585. The van der Waals surface area contributed by atoms with Crippen molar-refractivity contribution < 1.29 is 0 Å². The van der Waals surface area contributed by atoms with Crippen LogP contribution in [0.5, 0.6) is 0 Å². The second kappa shape index (κ2) is 5.55.